The molecule has 100 valence electrons. The summed E-state index contributed by atoms with van der Waals surface area (Å²) >= 11 is 12.2. The van der Waals surface area contributed by atoms with Crippen LogP contribution in [0.3, 0.4) is 0 Å². The Labute approximate surface area is 122 Å². The van der Waals surface area contributed by atoms with Crippen LogP contribution in [-0.2, 0) is 0 Å². The van der Waals surface area contributed by atoms with Crippen molar-refractivity contribution in [1.29, 1.82) is 0 Å². The lowest BCUT2D eigenvalue weighted by Crippen LogP contribution is -1.91. The number of hydrogen-bond acceptors (Lipinski definition) is 2. The minimum atomic E-state index is 0.146. The molecule has 3 nitrogen and oxygen atoms in total. The van der Waals surface area contributed by atoms with Crippen LogP contribution in [0.1, 0.15) is 36.9 Å². The van der Waals surface area contributed by atoms with E-state index in [1.54, 1.807) is 6.07 Å². The highest BCUT2D eigenvalue weighted by molar-refractivity contribution is 6.34. The minimum Gasteiger partial charge on any atom is -0.382 e. The SMILES string of the molecule is CC1(C)C(c2cc(Cl)cc(Cl)c2)[C@H]1c1cc(N)n[nH]1. The molecule has 0 saturated heterocycles. The number of benzene rings is 1. The molecule has 1 unspecified atom stereocenters. The summed E-state index contributed by atoms with van der Waals surface area (Å²) in [7, 11) is 0. The van der Waals surface area contributed by atoms with Gasteiger partial charge in [0.15, 0.2) is 0 Å². The molecule has 0 aliphatic heterocycles. The van der Waals surface area contributed by atoms with Gasteiger partial charge in [0.25, 0.3) is 0 Å². The van der Waals surface area contributed by atoms with Crippen LogP contribution in [0.2, 0.25) is 10.0 Å². The lowest BCUT2D eigenvalue weighted by atomic mass is 10.0. The predicted octanol–water partition coefficient (Wildman–Crippen LogP) is 4.21. The van der Waals surface area contributed by atoms with Gasteiger partial charge in [-0.2, -0.15) is 5.10 Å². The fraction of sp³-hybridized carbons (Fsp3) is 0.357. The summed E-state index contributed by atoms with van der Waals surface area (Å²) in [6.07, 6.45) is 0. The van der Waals surface area contributed by atoms with Crippen molar-refractivity contribution in [2.45, 2.75) is 25.7 Å². The maximum atomic E-state index is 6.09. The van der Waals surface area contributed by atoms with E-state index in [4.69, 9.17) is 28.9 Å². The van der Waals surface area contributed by atoms with E-state index >= 15 is 0 Å². The molecule has 1 aliphatic carbocycles. The fourth-order valence-corrected chi connectivity index (χ4v) is 3.65. The average molecular weight is 296 g/mol. The van der Waals surface area contributed by atoms with E-state index < -0.39 is 0 Å². The van der Waals surface area contributed by atoms with Crippen LogP contribution < -0.4 is 5.73 Å². The largest absolute Gasteiger partial charge is 0.382 e. The van der Waals surface area contributed by atoms with E-state index in [2.05, 4.69) is 24.0 Å². The molecular formula is C14H15Cl2N3. The van der Waals surface area contributed by atoms with E-state index in [1.165, 1.54) is 5.56 Å². The van der Waals surface area contributed by atoms with Crippen molar-refractivity contribution in [2.75, 3.05) is 5.73 Å². The number of H-pyrrole nitrogens is 1. The van der Waals surface area contributed by atoms with Gasteiger partial charge in [-0.25, -0.2) is 0 Å². The van der Waals surface area contributed by atoms with E-state index in [1.807, 2.05) is 18.2 Å². The maximum Gasteiger partial charge on any atom is 0.145 e. The summed E-state index contributed by atoms with van der Waals surface area (Å²) in [5, 5.41) is 8.37. The molecule has 1 aromatic heterocycles. The topological polar surface area (TPSA) is 54.7 Å². The van der Waals surface area contributed by atoms with Gasteiger partial charge in [0.1, 0.15) is 5.82 Å². The summed E-state index contributed by atoms with van der Waals surface area (Å²) in [5.74, 6) is 1.27. The van der Waals surface area contributed by atoms with Crippen LogP contribution in [0.4, 0.5) is 5.82 Å². The third-order valence-electron chi connectivity index (χ3n) is 4.02. The molecule has 1 aromatic carbocycles. The standard InChI is InChI=1S/C14H15Cl2N3/c1-14(2)12(7-3-8(15)5-9(16)4-7)13(14)10-6-11(17)19-18-10/h3-6,12-13H,1-2H3,(H3,17,18,19)/t12?,13-/m1/s1. The number of nitrogen functional groups attached to an aromatic ring is 1. The summed E-state index contributed by atoms with van der Waals surface area (Å²) in [6.45, 7) is 4.46. The van der Waals surface area contributed by atoms with Crippen molar-refractivity contribution in [3.05, 3.63) is 45.6 Å². The van der Waals surface area contributed by atoms with Gasteiger partial charge < -0.3 is 5.73 Å². The zero-order valence-electron chi connectivity index (χ0n) is 10.7. The fourth-order valence-electron chi connectivity index (χ4n) is 3.11. The van der Waals surface area contributed by atoms with Crippen molar-refractivity contribution in [3.8, 4) is 0 Å². The quantitative estimate of drug-likeness (QED) is 0.872. The minimum absolute atomic E-state index is 0.146. The first-order valence-corrected chi connectivity index (χ1v) is 6.92. The van der Waals surface area contributed by atoms with Crippen molar-refractivity contribution >= 4 is 29.0 Å². The lowest BCUT2D eigenvalue weighted by Gasteiger charge is -2.04. The second-order valence-corrected chi connectivity index (χ2v) is 6.60. The first-order valence-electron chi connectivity index (χ1n) is 6.16. The molecule has 2 aromatic rings. The molecule has 1 fully saturated rings. The summed E-state index contributed by atoms with van der Waals surface area (Å²) in [4.78, 5) is 0. The smallest absolute Gasteiger partial charge is 0.145 e. The average Bonchev–Trinajstić information content (AvgIpc) is 2.63. The highest BCUT2D eigenvalue weighted by Gasteiger charge is 2.59. The normalized spacial score (nSPS) is 24.4. The molecule has 0 amide bonds. The number of nitrogens with zero attached hydrogens (tertiary/aromatic N) is 1. The van der Waals surface area contributed by atoms with Gasteiger partial charge in [-0.1, -0.05) is 37.0 Å². The van der Waals surface area contributed by atoms with E-state index in [0.29, 0.717) is 27.7 Å². The van der Waals surface area contributed by atoms with Crippen LogP contribution in [0.15, 0.2) is 24.3 Å². The zero-order chi connectivity index (χ0) is 13.8. The third-order valence-corrected chi connectivity index (χ3v) is 4.46. The summed E-state index contributed by atoms with van der Waals surface area (Å²) in [5.41, 5.74) is 8.07. The molecule has 3 rings (SSSR count). The van der Waals surface area contributed by atoms with Gasteiger partial charge in [-0.05, 0) is 35.1 Å². The zero-order valence-corrected chi connectivity index (χ0v) is 12.3. The Morgan fingerprint density at radius 3 is 2.26 bits per heavy atom. The summed E-state index contributed by atoms with van der Waals surface area (Å²) in [6, 6.07) is 7.63. The Bertz CT molecular complexity index is 613. The highest BCUT2D eigenvalue weighted by Crippen LogP contribution is 2.69. The number of rotatable bonds is 2. The second kappa shape index (κ2) is 4.15. The van der Waals surface area contributed by atoms with Crippen molar-refractivity contribution in [2.24, 2.45) is 5.41 Å². The number of nitrogens with one attached hydrogen (secondary N) is 1. The van der Waals surface area contributed by atoms with Crippen LogP contribution in [0.5, 0.6) is 0 Å². The molecule has 0 bridgehead atoms. The first kappa shape index (κ1) is 12.8. The van der Waals surface area contributed by atoms with E-state index in [9.17, 15) is 0 Å². The molecule has 1 aliphatic rings. The Hall–Kier alpha value is -1.19. The monoisotopic (exact) mass is 295 g/mol. The van der Waals surface area contributed by atoms with Crippen LogP contribution >= 0.6 is 23.2 Å². The maximum absolute atomic E-state index is 6.09. The van der Waals surface area contributed by atoms with Gasteiger partial charge in [0.2, 0.25) is 0 Å². The van der Waals surface area contributed by atoms with Crippen molar-refractivity contribution < 1.29 is 0 Å². The number of aromatic amines is 1. The van der Waals surface area contributed by atoms with Crippen molar-refractivity contribution in [3.63, 3.8) is 0 Å². The lowest BCUT2D eigenvalue weighted by molar-refractivity contribution is 0.597. The van der Waals surface area contributed by atoms with Crippen LogP contribution in [-0.4, -0.2) is 10.2 Å². The number of anilines is 1. The molecule has 0 radical (unpaired) electrons. The Morgan fingerprint density at radius 1 is 1.11 bits per heavy atom. The van der Waals surface area contributed by atoms with Gasteiger partial charge in [-0.15, -0.1) is 0 Å². The van der Waals surface area contributed by atoms with Gasteiger partial charge >= 0.3 is 0 Å². The number of nitrogens with two attached hydrogens (primary N) is 1. The molecule has 1 heterocycles. The number of halogens is 2. The molecule has 19 heavy (non-hydrogen) atoms. The molecular weight excluding hydrogens is 281 g/mol. The van der Waals surface area contributed by atoms with E-state index in [0.717, 1.165) is 5.69 Å². The van der Waals surface area contributed by atoms with Gasteiger partial charge in [0.05, 0.1) is 0 Å². The van der Waals surface area contributed by atoms with Gasteiger partial charge in [0, 0.05) is 27.7 Å². The summed E-state index contributed by atoms with van der Waals surface area (Å²) < 4.78 is 0. The van der Waals surface area contributed by atoms with Gasteiger partial charge in [-0.3, -0.25) is 5.10 Å². The number of aromatic nitrogens is 2. The van der Waals surface area contributed by atoms with Crippen LogP contribution in [0.25, 0.3) is 0 Å². The molecule has 0 spiro atoms. The molecule has 3 N–H and O–H groups in total. The Kier molecular flexibility index (Phi) is 2.80. The third kappa shape index (κ3) is 2.11. The number of hydrogen-bond donors (Lipinski definition) is 2. The Morgan fingerprint density at radius 2 is 1.74 bits per heavy atom. The van der Waals surface area contributed by atoms with Crippen molar-refractivity contribution in [1.82, 2.24) is 10.2 Å². The van der Waals surface area contributed by atoms with Crippen LogP contribution in [0, 0.1) is 5.41 Å². The predicted molar refractivity (Wildman–Crippen MR) is 78.7 cm³/mol. The van der Waals surface area contributed by atoms with E-state index in [-0.39, 0.29) is 5.41 Å². The molecule has 5 heteroatoms. The molecule has 2 atom stereocenters. The Balaban J connectivity index is 1.98. The highest BCUT2D eigenvalue weighted by atomic mass is 35.5. The first-order chi connectivity index (χ1) is 8.89. The second-order valence-electron chi connectivity index (χ2n) is 5.73. The molecule has 1 saturated carbocycles.